The van der Waals surface area contributed by atoms with Crippen molar-refractivity contribution in [3.05, 3.63) is 58.1 Å². The van der Waals surface area contributed by atoms with E-state index in [0.717, 1.165) is 5.56 Å². The van der Waals surface area contributed by atoms with E-state index in [1.165, 1.54) is 0 Å². The smallest absolute Gasteiger partial charge is 0.147 e. The predicted octanol–water partition coefficient (Wildman–Crippen LogP) is 5.23. The zero-order valence-corrected chi connectivity index (χ0v) is 11.9. The van der Waals surface area contributed by atoms with E-state index in [1.54, 1.807) is 24.3 Å². The molecule has 1 unspecified atom stereocenters. The molecule has 0 bridgehead atoms. The number of halogens is 2. The summed E-state index contributed by atoms with van der Waals surface area (Å²) in [5, 5.41) is 11.0. The molecule has 0 amide bonds. The SMILES string of the molecule is CCC(O)c1ccccc1Oc1cc(Cl)ccc1Cl. The van der Waals surface area contributed by atoms with Gasteiger partial charge in [-0.25, -0.2) is 0 Å². The third kappa shape index (κ3) is 3.41. The summed E-state index contributed by atoms with van der Waals surface area (Å²) in [7, 11) is 0. The summed E-state index contributed by atoms with van der Waals surface area (Å²) in [5.74, 6) is 1.06. The van der Waals surface area contributed by atoms with E-state index in [1.807, 2.05) is 25.1 Å². The van der Waals surface area contributed by atoms with E-state index in [0.29, 0.717) is 28.0 Å². The molecule has 0 aliphatic carbocycles. The van der Waals surface area contributed by atoms with Gasteiger partial charge in [-0.15, -0.1) is 0 Å². The van der Waals surface area contributed by atoms with E-state index in [2.05, 4.69) is 0 Å². The second-order valence-corrected chi connectivity index (χ2v) is 4.98. The molecule has 1 N–H and O–H groups in total. The van der Waals surface area contributed by atoms with E-state index in [-0.39, 0.29) is 0 Å². The lowest BCUT2D eigenvalue weighted by atomic mass is 10.1. The van der Waals surface area contributed by atoms with Crippen molar-refractivity contribution in [2.75, 3.05) is 0 Å². The van der Waals surface area contributed by atoms with Crippen LogP contribution in [0, 0.1) is 0 Å². The van der Waals surface area contributed by atoms with Crippen molar-refractivity contribution < 1.29 is 9.84 Å². The Balaban J connectivity index is 2.35. The summed E-state index contributed by atoms with van der Waals surface area (Å²) in [6.07, 6.45) is 0.0538. The van der Waals surface area contributed by atoms with Crippen LogP contribution in [0.2, 0.25) is 10.0 Å². The quantitative estimate of drug-likeness (QED) is 0.837. The highest BCUT2D eigenvalue weighted by atomic mass is 35.5. The van der Waals surface area contributed by atoms with Crippen LogP contribution in [0.15, 0.2) is 42.5 Å². The van der Waals surface area contributed by atoms with Crippen molar-refractivity contribution in [2.24, 2.45) is 0 Å². The number of rotatable bonds is 4. The summed E-state index contributed by atoms with van der Waals surface area (Å²) in [5.41, 5.74) is 0.737. The normalized spacial score (nSPS) is 12.2. The van der Waals surface area contributed by atoms with E-state index in [9.17, 15) is 5.11 Å². The lowest BCUT2D eigenvalue weighted by Crippen LogP contribution is -1.98. The first-order valence-electron chi connectivity index (χ1n) is 6.01. The van der Waals surface area contributed by atoms with Gasteiger partial charge in [-0.2, -0.15) is 0 Å². The number of benzene rings is 2. The van der Waals surface area contributed by atoms with Gasteiger partial charge in [0.1, 0.15) is 11.5 Å². The van der Waals surface area contributed by atoms with Crippen molar-refractivity contribution in [3.63, 3.8) is 0 Å². The van der Waals surface area contributed by atoms with Crippen LogP contribution in [-0.2, 0) is 0 Å². The summed E-state index contributed by atoms with van der Waals surface area (Å²) in [4.78, 5) is 0. The van der Waals surface area contributed by atoms with Crippen LogP contribution in [0.25, 0.3) is 0 Å². The first-order chi connectivity index (χ1) is 9.11. The number of aliphatic hydroxyl groups is 1. The van der Waals surface area contributed by atoms with Crippen LogP contribution in [0.4, 0.5) is 0 Å². The number of hydrogen-bond acceptors (Lipinski definition) is 2. The lowest BCUT2D eigenvalue weighted by Gasteiger charge is -2.15. The Hall–Kier alpha value is -1.22. The van der Waals surface area contributed by atoms with E-state index < -0.39 is 6.10 Å². The maximum Gasteiger partial charge on any atom is 0.147 e. The van der Waals surface area contributed by atoms with Gasteiger partial charge in [0.25, 0.3) is 0 Å². The molecule has 0 aliphatic rings. The highest BCUT2D eigenvalue weighted by molar-refractivity contribution is 6.34. The Morgan fingerprint density at radius 3 is 2.58 bits per heavy atom. The Morgan fingerprint density at radius 1 is 1.11 bits per heavy atom. The van der Waals surface area contributed by atoms with Crippen LogP contribution >= 0.6 is 23.2 Å². The van der Waals surface area contributed by atoms with Crippen molar-refractivity contribution in [3.8, 4) is 11.5 Å². The molecule has 2 nitrogen and oxygen atoms in total. The monoisotopic (exact) mass is 296 g/mol. The minimum atomic E-state index is -0.561. The fourth-order valence-electron chi connectivity index (χ4n) is 1.74. The summed E-state index contributed by atoms with van der Waals surface area (Å²) < 4.78 is 5.77. The van der Waals surface area contributed by atoms with Crippen molar-refractivity contribution in [2.45, 2.75) is 19.4 Å². The first kappa shape index (κ1) is 14.2. The zero-order chi connectivity index (χ0) is 13.8. The Bertz CT molecular complexity index is 570. The van der Waals surface area contributed by atoms with Gasteiger partial charge < -0.3 is 9.84 Å². The fraction of sp³-hybridized carbons (Fsp3) is 0.200. The minimum absolute atomic E-state index is 0.477. The zero-order valence-electron chi connectivity index (χ0n) is 10.4. The number of para-hydroxylation sites is 1. The molecule has 4 heteroatoms. The van der Waals surface area contributed by atoms with Gasteiger partial charge in [0.2, 0.25) is 0 Å². The van der Waals surface area contributed by atoms with Gasteiger partial charge in [0.15, 0.2) is 0 Å². The Morgan fingerprint density at radius 2 is 1.84 bits per heavy atom. The molecule has 0 spiro atoms. The molecule has 2 aromatic rings. The molecule has 0 radical (unpaired) electrons. The first-order valence-corrected chi connectivity index (χ1v) is 6.77. The second-order valence-electron chi connectivity index (χ2n) is 4.14. The van der Waals surface area contributed by atoms with Crippen LogP contribution in [0.3, 0.4) is 0 Å². The topological polar surface area (TPSA) is 29.5 Å². The van der Waals surface area contributed by atoms with Crippen molar-refractivity contribution >= 4 is 23.2 Å². The third-order valence-corrected chi connectivity index (χ3v) is 3.33. The van der Waals surface area contributed by atoms with Crippen LogP contribution in [0.5, 0.6) is 11.5 Å². The standard InChI is InChI=1S/C15H14Cl2O2/c1-2-13(18)11-5-3-4-6-14(11)19-15-9-10(16)7-8-12(15)17/h3-9,13,18H,2H2,1H3. The maximum atomic E-state index is 9.97. The third-order valence-electron chi connectivity index (χ3n) is 2.78. The second kappa shape index (κ2) is 6.29. The molecule has 19 heavy (non-hydrogen) atoms. The number of hydrogen-bond donors (Lipinski definition) is 1. The number of ether oxygens (including phenoxy) is 1. The largest absolute Gasteiger partial charge is 0.455 e. The summed E-state index contributed by atoms with van der Waals surface area (Å²) >= 11 is 12.0. The molecule has 0 saturated heterocycles. The minimum Gasteiger partial charge on any atom is -0.455 e. The van der Waals surface area contributed by atoms with Gasteiger partial charge in [-0.1, -0.05) is 48.3 Å². The van der Waals surface area contributed by atoms with Gasteiger partial charge in [0.05, 0.1) is 11.1 Å². The molecular weight excluding hydrogens is 283 g/mol. The molecule has 100 valence electrons. The molecular formula is C15H14Cl2O2. The lowest BCUT2D eigenvalue weighted by molar-refractivity contribution is 0.170. The van der Waals surface area contributed by atoms with Gasteiger partial charge in [0, 0.05) is 16.7 Å². The van der Waals surface area contributed by atoms with Crippen molar-refractivity contribution in [1.82, 2.24) is 0 Å². The van der Waals surface area contributed by atoms with Crippen molar-refractivity contribution in [1.29, 1.82) is 0 Å². The molecule has 0 saturated carbocycles. The molecule has 0 aromatic heterocycles. The molecule has 0 aliphatic heterocycles. The van der Waals surface area contributed by atoms with Gasteiger partial charge >= 0.3 is 0 Å². The van der Waals surface area contributed by atoms with E-state index >= 15 is 0 Å². The average molecular weight is 297 g/mol. The number of aliphatic hydroxyl groups excluding tert-OH is 1. The summed E-state index contributed by atoms with van der Waals surface area (Å²) in [6.45, 7) is 1.91. The molecule has 1 atom stereocenters. The van der Waals surface area contributed by atoms with Crippen LogP contribution in [-0.4, -0.2) is 5.11 Å². The Kier molecular flexibility index (Phi) is 4.70. The van der Waals surface area contributed by atoms with Gasteiger partial charge in [-0.05, 0) is 24.6 Å². The van der Waals surface area contributed by atoms with Gasteiger partial charge in [-0.3, -0.25) is 0 Å². The maximum absolute atomic E-state index is 9.97. The molecule has 0 heterocycles. The van der Waals surface area contributed by atoms with Crippen LogP contribution in [0.1, 0.15) is 25.0 Å². The predicted molar refractivity (Wildman–Crippen MR) is 78.2 cm³/mol. The molecule has 2 aromatic carbocycles. The Labute approximate surface area is 122 Å². The van der Waals surface area contributed by atoms with Crippen LogP contribution < -0.4 is 4.74 Å². The highest BCUT2D eigenvalue weighted by Gasteiger charge is 2.13. The average Bonchev–Trinajstić information content (AvgIpc) is 2.42. The molecule has 2 rings (SSSR count). The fourth-order valence-corrected chi connectivity index (χ4v) is 2.06. The highest BCUT2D eigenvalue weighted by Crippen LogP contribution is 2.35. The van der Waals surface area contributed by atoms with E-state index in [4.69, 9.17) is 27.9 Å². The molecule has 0 fully saturated rings. The summed E-state index contributed by atoms with van der Waals surface area (Å²) in [6, 6.07) is 12.4.